The van der Waals surface area contributed by atoms with Crippen LogP contribution in [0.4, 0.5) is 4.79 Å². The van der Waals surface area contributed by atoms with Gasteiger partial charge in [-0.2, -0.15) is 0 Å². The first-order valence-electron chi connectivity index (χ1n) is 6.34. The molecule has 5 nitrogen and oxygen atoms in total. The quantitative estimate of drug-likeness (QED) is 0.720. The van der Waals surface area contributed by atoms with Crippen molar-refractivity contribution in [3.05, 3.63) is 0 Å². The molecule has 0 aromatic carbocycles. The number of rotatable bonds is 4. The van der Waals surface area contributed by atoms with Crippen LogP contribution in [0, 0.1) is 5.92 Å². The molecule has 0 atom stereocenters. The van der Waals surface area contributed by atoms with Crippen molar-refractivity contribution in [2.75, 3.05) is 27.2 Å². The summed E-state index contributed by atoms with van der Waals surface area (Å²) in [6.07, 6.45) is 5.60. The molecule has 0 aromatic rings. The van der Waals surface area contributed by atoms with Gasteiger partial charge in [0.2, 0.25) is 5.91 Å². The van der Waals surface area contributed by atoms with E-state index in [1.165, 1.54) is 11.3 Å². The summed E-state index contributed by atoms with van der Waals surface area (Å²) in [5.41, 5.74) is 0. The first-order valence-corrected chi connectivity index (χ1v) is 6.34. The highest BCUT2D eigenvalue weighted by atomic mass is 16.2. The van der Waals surface area contributed by atoms with Gasteiger partial charge >= 0.3 is 6.03 Å². The van der Waals surface area contributed by atoms with E-state index < -0.39 is 0 Å². The van der Waals surface area contributed by atoms with E-state index in [0.717, 1.165) is 25.7 Å². The van der Waals surface area contributed by atoms with Crippen molar-refractivity contribution in [3.63, 3.8) is 0 Å². The molecule has 0 saturated heterocycles. The van der Waals surface area contributed by atoms with E-state index in [9.17, 15) is 9.59 Å². The minimum atomic E-state index is -0.128. The Bertz CT molecular complexity index is 260. The Kier molecular flexibility index (Phi) is 5.80. The van der Waals surface area contributed by atoms with Crippen molar-refractivity contribution < 1.29 is 9.59 Å². The highest BCUT2D eigenvalue weighted by Crippen LogP contribution is 2.23. The molecule has 1 saturated carbocycles. The zero-order valence-corrected chi connectivity index (χ0v) is 10.8. The lowest BCUT2D eigenvalue weighted by Crippen LogP contribution is -2.41. The third kappa shape index (κ3) is 5.06. The molecule has 2 N–H and O–H groups in total. The van der Waals surface area contributed by atoms with E-state index >= 15 is 0 Å². The van der Waals surface area contributed by atoms with Crippen molar-refractivity contribution >= 4 is 11.9 Å². The molecule has 3 amide bonds. The van der Waals surface area contributed by atoms with Gasteiger partial charge in [-0.3, -0.25) is 4.79 Å². The van der Waals surface area contributed by atoms with Crippen LogP contribution in [0.15, 0.2) is 0 Å². The van der Waals surface area contributed by atoms with E-state index in [4.69, 9.17) is 0 Å². The van der Waals surface area contributed by atoms with Gasteiger partial charge < -0.3 is 15.5 Å². The second-order valence-corrected chi connectivity index (χ2v) is 4.75. The predicted molar refractivity (Wildman–Crippen MR) is 66.7 cm³/mol. The summed E-state index contributed by atoms with van der Waals surface area (Å²) in [6.45, 7) is 0.990. The summed E-state index contributed by atoms with van der Waals surface area (Å²) < 4.78 is 0. The van der Waals surface area contributed by atoms with Crippen LogP contribution in [-0.4, -0.2) is 44.0 Å². The fraction of sp³-hybridized carbons (Fsp3) is 0.833. The van der Waals surface area contributed by atoms with Gasteiger partial charge in [0, 0.05) is 33.1 Å². The fourth-order valence-corrected chi connectivity index (χ4v) is 2.02. The third-order valence-corrected chi connectivity index (χ3v) is 3.08. The largest absolute Gasteiger partial charge is 0.354 e. The van der Waals surface area contributed by atoms with Gasteiger partial charge in [0.1, 0.15) is 0 Å². The molecule has 1 aliphatic carbocycles. The zero-order chi connectivity index (χ0) is 12.7. The Hall–Kier alpha value is -1.26. The predicted octanol–water partition coefficient (Wildman–Crippen LogP) is 0.954. The van der Waals surface area contributed by atoms with Crippen molar-refractivity contribution in [3.8, 4) is 0 Å². The molecule has 1 fully saturated rings. The lowest BCUT2D eigenvalue weighted by atomic mass is 9.89. The van der Waals surface area contributed by atoms with Crippen molar-refractivity contribution in [2.24, 2.45) is 5.92 Å². The minimum Gasteiger partial charge on any atom is -0.354 e. The van der Waals surface area contributed by atoms with Crippen LogP contribution in [0.3, 0.4) is 0 Å². The molecule has 1 aliphatic rings. The van der Waals surface area contributed by atoms with Crippen LogP contribution in [-0.2, 0) is 4.79 Å². The molecule has 1 rings (SSSR count). The smallest absolute Gasteiger partial charge is 0.316 e. The van der Waals surface area contributed by atoms with Crippen LogP contribution in [0.5, 0.6) is 0 Å². The van der Waals surface area contributed by atoms with Gasteiger partial charge in [-0.25, -0.2) is 4.79 Å². The molecule has 0 bridgehead atoms. The fourth-order valence-electron chi connectivity index (χ4n) is 2.02. The number of amides is 3. The van der Waals surface area contributed by atoms with Gasteiger partial charge in [0.15, 0.2) is 0 Å². The topological polar surface area (TPSA) is 61.4 Å². The van der Waals surface area contributed by atoms with E-state index in [2.05, 4.69) is 10.6 Å². The van der Waals surface area contributed by atoms with Gasteiger partial charge in [-0.1, -0.05) is 19.3 Å². The maximum Gasteiger partial charge on any atom is 0.316 e. The summed E-state index contributed by atoms with van der Waals surface area (Å²) in [5.74, 6) is 0.331. The lowest BCUT2D eigenvalue weighted by molar-refractivity contribution is -0.125. The number of nitrogens with one attached hydrogen (secondary N) is 2. The highest BCUT2D eigenvalue weighted by Gasteiger charge is 2.20. The van der Waals surface area contributed by atoms with Crippen molar-refractivity contribution in [2.45, 2.75) is 32.1 Å². The Balaban J connectivity index is 2.09. The number of hydrogen-bond acceptors (Lipinski definition) is 2. The number of carbonyl (C=O) groups is 2. The first-order chi connectivity index (χ1) is 8.11. The molecule has 17 heavy (non-hydrogen) atoms. The van der Waals surface area contributed by atoms with E-state index in [-0.39, 0.29) is 17.9 Å². The number of carbonyl (C=O) groups excluding carboxylic acids is 2. The van der Waals surface area contributed by atoms with Crippen LogP contribution in [0.1, 0.15) is 32.1 Å². The van der Waals surface area contributed by atoms with Crippen molar-refractivity contribution in [1.29, 1.82) is 0 Å². The van der Waals surface area contributed by atoms with E-state index in [0.29, 0.717) is 13.1 Å². The molecule has 0 radical (unpaired) electrons. The second-order valence-electron chi connectivity index (χ2n) is 4.75. The molecule has 0 aliphatic heterocycles. The summed E-state index contributed by atoms with van der Waals surface area (Å²) >= 11 is 0. The van der Waals surface area contributed by atoms with Crippen LogP contribution >= 0.6 is 0 Å². The Morgan fingerprint density at radius 3 is 2.24 bits per heavy atom. The number of nitrogens with zero attached hydrogens (tertiary/aromatic N) is 1. The summed E-state index contributed by atoms with van der Waals surface area (Å²) in [6, 6.07) is -0.128. The van der Waals surface area contributed by atoms with Gasteiger partial charge in [0.05, 0.1) is 0 Å². The molecule has 0 aromatic heterocycles. The maximum atomic E-state index is 11.7. The molecule has 0 unspecified atom stereocenters. The number of hydrogen-bond donors (Lipinski definition) is 2. The highest BCUT2D eigenvalue weighted by molar-refractivity contribution is 5.78. The van der Waals surface area contributed by atoms with Crippen LogP contribution in [0.2, 0.25) is 0 Å². The minimum absolute atomic E-state index is 0.128. The average molecular weight is 241 g/mol. The molecular formula is C12H23N3O2. The first kappa shape index (κ1) is 13.8. The van der Waals surface area contributed by atoms with Gasteiger partial charge in [-0.05, 0) is 12.8 Å². The summed E-state index contributed by atoms with van der Waals surface area (Å²) in [4.78, 5) is 24.4. The Morgan fingerprint density at radius 1 is 1.06 bits per heavy atom. The Labute approximate surface area is 103 Å². The molecular weight excluding hydrogens is 218 g/mol. The van der Waals surface area contributed by atoms with E-state index in [1.54, 1.807) is 14.1 Å². The normalized spacial score (nSPS) is 16.4. The average Bonchev–Trinajstić information content (AvgIpc) is 2.35. The maximum absolute atomic E-state index is 11.7. The summed E-state index contributed by atoms with van der Waals surface area (Å²) in [7, 11) is 3.38. The zero-order valence-electron chi connectivity index (χ0n) is 10.8. The van der Waals surface area contributed by atoms with Gasteiger partial charge in [-0.15, -0.1) is 0 Å². The second kappa shape index (κ2) is 7.14. The monoisotopic (exact) mass is 241 g/mol. The summed E-state index contributed by atoms with van der Waals surface area (Å²) in [5, 5.41) is 5.59. The number of urea groups is 1. The molecule has 5 heteroatoms. The van der Waals surface area contributed by atoms with Crippen LogP contribution < -0.4 is 10.6 Å². The van der Waals surface area contributed by atoms with Gasteiger partial charge in [0.25, 0.3) is 0 Å². The van der Waals surface area contributed by atoms with Crippen molar-refractivity contribution in [1.82, 2.24) is 15.5 Å². The standard InChI is InChI=1S/C12H23N3O2/c1-15(2)12(17)14-9-8-13-11(16)10-6-4-3-5-7-10/h10H,3-9H2,1-2H3,(H,13,16)(H,14,17). The lowest BCUT2D eigenvalue weighted by Gasteiger charge is -2.20. The van der Waals surface area contributed by atoms with Crippen LogP contribution in [0.25, 0.3) is 0 Å². The molecule has 0 spiro atoms. The molecule has 98 valence electrons. The van der Waals surface area contributed by atoms with E-state index in [1.807, 2.05) is 0 Å². The molecule has 0 heterocycles. The third-order valence-electron chi connectivity index (χ3n) is 3.08. The Morgan fingerprint density at radius 2 is 1.65 bits per heavy atom. The SMILES string of the molecule is CN(C)C(=O)NCCNC(=O)C1CCCCC1.